The fraction of sp³-hybridized carbons (Fsp3) is 0.143. The first-order valence-electron chi connectivity index (χ1n) is 5.92. The van der Waals surface area contributed by atoms with Crippen LogP contribution in [0.4, 0.5) is 0 Å². The van der Waals surface area contributed by atoms with E-state index in [-0.39, 0.29) is 11.9 Å². The molecule has 1 aromatic carbocycles. The molecule has 0 unspecified atom stereocenters. The minimum Gasteiger partial charge on any atom is -0.454 e. The molecule has 0 bridgehead atoms. The van der Waals surface area contributed by atoms with E-state index < -0.39 is 0 Å². The molecule has 0 aromatic heterocycles. The zero-order valence-corrected chi connectivity index (χ0v) is 12.1. The summed E-state index contributed by atoms with van der Waals surface area (Å²) in [5.41, 5.74) is 1.33. The minimum absolute atomic E-state index is 0.0331. The van der Waals surface area contributed by atoms with E-state index in [1.54, 1.807) is 12.2 Å². The van der Waals surface area contributed by atoms with E-state index in [2.05, 4.69) is 11.6 Å². The Bertz CT molecular complexity index is 637. The van der Waals surface area contributed by atoms with Gasteiger partial charge in [-0.3, -0.25) is 4.79 Å². The largest absolute Gasteiger partial charge is 0.454 e. The van der Waals surface area contributed by atoms with E-state index in [0.717, 1.165) is 33.2 Å². The van der Waals surface area contributed by atoms with Crippen LogP contribution in [0.2, 0.25) is 0 Å². The molecule has 6 heteroatoms. The number of carbonyl (C=O) groups is 1. The first-order chi connectivity index (χ1) is 9.76. The zero-order valence-electron chi connectivity index (χ0n) is 10.5. The van der Waals surface area contributed by atoms with Crippen molar-refractivity contribution in [1.82, 2.24) is 0 Å². The number of carbonyl (C=O) groups excluding carboxylic acids is 1. The summed E-state index contributed by atoms with van der Waals surface area (Å²) in [4.78, 5) is 16.2. The number of ether oxygens (including phenoxy) is 2. The number of hydrogen-bond acceptors (Lipinski definition) is 6. The van der Waals surface area contributed by atoms with Crippen LogP contribution < -0.4 is 9.47 Å². The highest BCUT2D eigenvalue weighted by Crippen LogP contribution is 2.35. The Morgan fingerprint density at radius 2 is 2.25 bits per heavy atom. The summed E-state index contributed by atoms with van der Waals surface area (Å²) in [7, 11) is 0. The van der Waals surface area contributed by atoms with Gasteiger partial charge >= 0.3 is 0 Å². The molecule has 2 heterocycles. The van der Waals surface area contributed by atoms with Crippen LogP contribution in [0, 0.1) is 0 Å². The normalized spacial score (nSPS) is 18.5. The molecule has 0 saturated carbocycles. The van der Waals surface area contributed by atoms with Crippen LogP contribution in [0.15, 0.2) is 41.5 Å². The van der Waals surface area contributed by atoms with Gasteiger partial charge in [0.15, 0.2) is 11.5 Å². The first-order valence-corrected chi connectivity index (χ1v) is 7.72. The molecule has 1 aromatic rings. The maximum atomic E-state index is 11.9. The fourth-order valence-electron chi connectivity index (χ4n) is 1.74. The lowest BCUT2D eigenvalue weighted by Crippen LogP contribution is -1.92. The van der Waals surface area contributed by atoms with Crippen LogP contribution in [0.3, 0.4) is 0 Å². The van der Waals surface area contributed by atoms with Crippen LogP contribution in [0.5, 0.6) is 11.5 Å². The van der Waals surface area contributed by atoms with Crippen molar-refractivity contribution in [2.75, 3.05) is 12.5 Å². The van der Waals surface area contributed by atoms with Gasteiger partial charge in [0.05, 0.1) is 0 Å². The van der Waals surface area contributed by atoms with Gasteiger partial charge in [-0.05, 0) is 35.5 Å². The van der Waals surface area contributed by atoms with Gasteiger partial charge in [0.25, 0.3) is 0 Å². The third-order valence-corrected chi connectivity index (χ3v) is 4.63. The molecule has 2 aliphatic heterocycles. The van der Waals surface area contributed by atoms with Gasteiger partial charge in [0.2, 0.25) is 11.9 Å². The number of fused-ring (bicyclic) bond motifs is 1. The van der Waals surface area contributed by atoms with Crippen molar-refractivity contribution >= 4 is 39.1 Å². The van der Waals surface area contributed by atoms with Gasteiger partial charge in [-0.25, -0.2) is 4.99 Å². The lowest BCUT2D eigenvalue weighted by Gasteiger charge is -1.98. The molecule has 0 spiro atoms. The first kappa shape index (κ1) is 13.3. The summed E-state index contributed by atoms with van der Waals surface area (Å²) in [5.74, 6) is 2.17. The second kappa shape index (κ2) is 5.76. The molecule has 20 heavy (non-hydrogen) atoms. The average molecular weight is 305 g/mol. The number of benzene rings is 1. The van der Waals surface area contributed by atoms with Crippen molar-refractivity contribution in [3.05, 3.63) is 42.1 Å². The summed E-state index contributed by atoms with van der Waals surface area (Å²) >= 11 is 2.67. The molecule has 0 atom stereocenters. The summed E-state index contributed by atoms with van der Waals surface area (Å²) < 4.78 is 11.3. The Morgan fingerprint density at radius 1 is 1.40 bits per heavy atom. The second-order valence-corrected chi connectivity index (χ2v) is 6.24. The molecule has 3 rings (SSSR count). The molecule has 2 aliphatic rings. The molecule has 0 amide bonds. The lowest BCUT2D eigenvalue weighted by molar-refractivity contribution is -0.107. The van der Waals surface area contributed by atoms with Crippen molar-refractivity contribution in [2.24, 2.45) is 4.99 Å². The molecular formula is C14H11NO3S2. The monoisotopic (exact) mass is 305 g/mol. The Kier molecular flexibility index (Phi) is 3.84. The molecule has 102 valence electrons. The summed E-state index contributed by atoms with van der Waals surface area (Å²) in [6, 6.07) is 5.55. The van der Waals surface area contributed by atoms with E-state index in [1.807, 2.05) is 18.2 Å². The van der Waals surface area contributed by atoms with Crippen molar-refractivity contribution in [1.29, 1.82) is 0 Å². The highest BCUT2D eigenvalue weighted by atomic mass is 32.2. The van der Waals surface area contributed by atoms with E-state index >= 15 is 0 Å². The summed E-state index contributed by atoms with van der Waals surface area (Å²) in [6.07, 6.45) is 3.55. The van der Waals surface area contributed by atoms with Crippen LogP contribution >= 0.6 is 23.5 Å². The van der Waals surface area contributed by atoms with Crippen molar-refractivity contribution < 1.29 is 14.3 Å². The summed E-state index contributed by atoms with van der Waals surface area (Å²) in [6.45, 7) is 3.89. The molecular weight excluding hydrogens is 294 g/mol. The molecule has 4 nitrogen and oxygen atoms in total. The SMILES string of the molecule is C=CCSC1=NC(=Cc2ccc3c(c2)OCO3)C(=O)S1. The van der Waals surface area contributed by atoms with E-state index in [4.69, 9.17) is 9.47 Å². The Morgan fingerprint density at radius 3 is 3.10 bits per heavy atom. The predicted molar refractivity (Wildman–Crippen MR) is 83.2 cm³/mol. The van der Waals surface area contributed by atoms with Crippen molar-refractivity contribution in [2.45, 2.75) is 0 Å². The predicted octanol–water partition coefficient (Wildman–Crippen LogP) is 3.30. The van der Waals surface area contributed by atoms with Gasteiger partial charge in [-0.15, -0.1) is 6.58 Å². The number of thioether (sulfide) groups is 2. The number of hydrogen-bond donors (Lipinski definition) is 0. The molecule has 0 N–H and O–H groups in total. The number of aliphatic imine (C=N–C) groups is 1. The third kappa shape index (κ3) is 2.76. The van der Waals surface area contributed by atoms with Crippen LogP contribution in [0.1, 0.15) is 5.56 Å². The quantitative estimate of drug-likeness (QED) is 0.633. The Hall–Kier alpha value is -1.66. The highest BCUT2D eigenvalue weighted by Gasteiger charge is 2.22. The molecule has 0 fully saturated rings. The van der Waals surface area contributed by atoms with Gasteiger partial charge in [-0.2, -0.15) is 0 Å². The van der Waals surface area contributed by atoms with Crippen LogP contribution in [0.25, 0.3) is 6.08 Å². The van der Waals surface area contributed by atoms with E-state index in [1.165, 1.54) is 11.8 Å². The van der Waals surface area contributed by atoms with Gasteiger partial charge in [0, 0.05) is 5.75 Å². The molecule has 0 aliphatic carbocycles. The van der Waals surface area contributed by atoms with Crippen LogP contribution in [-0.4, -0.2) is 22.0 Å². The maximum absolute atomic E-state index is 11.9. The fourth-order valence-corrected chi connectivity index (χ4v) is 3.34. The standard InChI is InChI=1S/C14H11NO3S2/c1-2-5-19-14-15-10(13(16)20-14)6-9-3-4-11-12(7-9)18-8-17-11/h2-4,6-7H,1,5,8H2. The smallest absolute Gasteiger partial charge is 0.244 e. The maximum Gasteiger partial charge on any atom is 0.244 e. The van der Waals surface area contributed by atoms with Crippen molar-refractivity contribution in [3.63, 3.8) is 0 Å². The number of nitrogens with zero attached hydrogens (tertiary/aromatic N) is 1. The summed E-state index contributed by atoms with van der Waals surface area (Å²) in [5, 5.41) is -0.0331. The second-order valence-electron chi connectivity index (χ2n) is 4.01. The zero-order chi connectivity index (χ0) is 13.9. The van der Waals surface area contributed by atoms with Gasteiger partial charge in [0.1, 0.15) is 10.1 Å². The third-order valence-electron chi connectivity index (χ3n) is 2.63. The molecule has 0 saturated heterocycles. The highest BCUT2D eigenvalue weighted by molar-refractivity contribution is 8.45. The van der Waals surface area contributed by atoms with Gasteiger partial charge < -0.3 is 9.47 Å². The van der Waals surface area contributed by atoms with Crippen molar-refractivity contribution in [3.8, 4) is 11.5 Å². The lowest BCUT2D eigenvalue weighted by atomic mass is 10.2. The number of rotatable bonds is 3. The van der Waals surface area contributed by atoms with E-state index in [0.29, 0.717) is 11.4 Å². The Labute approximate surface area is 124 Å². The van der Waals surface area contributed by atoms with Crippen LogP contribution in [-0.2, 0) is 4.79 Å². The van der Waals surface area contributed by atoms with E-state index in [9.17, 15) is 4.79 Å². The van der Waals surface area contributed by atoms with Gasteiger partial charge in [-0.1, -0.05) is 23.9 Å². The average Bonchev–Trinajstić information content (AvgIpc) is 3.03. The molecule has 0 radical (unpaired) electrons. The minimum atomic E-state index is -0.0331. The topological polar surface area (TPSA) is 47.9 Å². The Balaban J connectivity index is 1.82.